The Morgan fingerprint density at radius 1 is 1.43 bits per heavy atom. The van der Waals surface area contributed by atoms with Gasteiger partial charge in [-0.15, -0.1) is 0 Å². The molecular weight excluding hydrogens is 358 g/mol. The van der Waals surface area contributed by atoms with Crippen LogP contribution in [0.1, 0.15) is 12.0 Å². The quantitative estimate of drug-likeness (QED) is 0.812. The average Bonchev–Trinajstić information content (AvgIpc) is 2.89. The third kappa shape index (κ3) is 4.05. The van der Waals surface area contributed by atoms with E-state index in [0.29, 0.717) is 18.7 Å². The van der Waals surface area contributed by atoms with Crippen molar-refractivity contribution in [3.05, 3.63) is 40.6 Å². The van der Waals surface area contributed by atoms with Gasteiger partial charge in [0.2, 0.25) is 0 Å². The summed E-state index contributed by atoms with van der Waals surface area (Å²) in [5.74, 6) is 0. The number of hydrogen-bond donors (Lipinski definition) is 2. The van der Waals surface area contributed by atoms with Crippen LogP contribution in [0, 0.1) is 6.92 Å². The van der Waals surface area contributed by atoms with Crippen molar-refractivity contribution in [1.29, 1.82) is 0 Å². The monoisotopic (exact) mass is 373 g/mol. The number of sulfonamides is 1. The Balaban J connectivity index is 2.19. The van der Waals surface area contributed by atoms with Gasteiger partial charge in [-0.2, -0.15) is 5.10 Å². The van der Waals surface area contributed by atoms with Crippen LogP contribution in [-0.4, -0.2) is 29.9 Å². The minimum absolute atomic E-state index is 0.0400. The summed E-state index contributed by atoms with van der Waals surface area (Å²) in [6.45, 7) is 2.34. The fourth-order valence-electron chi connectivity index (χ4n) is 1.78. The molecular formula is C13H16BrN3O3S. The second-order valence-corrected chi connectivity index (χ2v) is 7.18. The van der Waals surface area contributed by atoms with E-state index in [4.69, 9.17) is 5.11 Å². The summed E-state index contributed by atoms with van der Waals surface area (Å²) in [5.41, 5.74) is 1.35. The summed E-state index contributed by atoms with van der Waals surface area (Å²) in [5, 5.41) is 12.7. The minimum Gasteiger partial charge on any atom is -0.396 e. The second-order valence-electron chi connectivity index (χ2n) is 4.58. The maximum absolute atomic E-state index is 12.3. The molecule has 2 N–H and O–H groups in total. The van der Waals surface area contributed by atoms with Gasteiger partial charge in [0.05, 0.1) is 11.9 Å². The van der Waals surface area contributed by atoms with E-state index in [0.717, 1.165) is 10.0 Å². The maximum Gasteiger partial charge on any atom is 0.265 e. The van der Waals surface area contributed by atoms with Crippen LogP contribution in [0.4, 0.5) is 5.69 Å². The maximum atomic E-state index is 12.3. The van der Waals surface area contributed by atoms with Crippen LogP contribution in [0.5, 0.6) is 0 Å². The van der Waals surface area contributed by atoms with E-state index in [1.807, 2.05) is 13.0 Å². The summed E-state index contributed by atoms with van der Waals surface area (Å²) < 4.78 is 29.5. The largest absolute Gasteiger partial charge is 0.396 e. The number of nitrogens with one attached hydrogen (secondary N) is 1. The lowest BCUT2D eigenvalue weighted by atomic mass is 10.2. The molecule has 21 heavy (non-hydrogen) atoms. The third-order valence-electron chi connectivity index (χ3n) is 2.90. The van der Waals surface area contributed by atoms with Gasteiger partial charge in [0.15, 0.2) is 0 Å². The fourth-order valence-corrected chi connectivity index (χ4v) is 3.34. The number of hydrogen-bond acceptors (Lipinski definition) is 4. The first-order valence-electron chi connectivity index (χ1n) is 6.34. The van der Waals surface area contributed by atoms with Crippen LogP contribution in [0.2, 0.25) is 0 Å². The van der Waals surface area contributed by atoms with Gasteiger partial charge >= 0.3 is 0 Å². The molecule has 1 aromatic heterocycles. The second kappa shape index (κ2) is 6.59. The molecule has 0 saturated carbocycles. The van der Waals surface area contributed by atoms with E-state index in [1.165, 1.54) is 17.1 Å². The molecule has 114 valence electrons. The SMILES string of the molecule is Cc1cc(Br)ccc1NS(=O)(=O)c1cnn(CCCO)c1. The van der Waals surface area contributed by atoms with Gasteiger partial charge in [0.25, 0.3) is 10.0 Å². The van der Waals surface area contributed by atoms with Crippen LogP contribution < -0.4 is 4.72 Å². The van der Waals surface area contributed by atoms with Crippen LogP contribution in [0.3, 0.4) is 0 Å². The molecule has 0 aliphatic heterocycles. The average molecular weight is 374 g/mol. The van der Waals surface area contributed by atoms with E-state index in [-0.39, 0.29) is 11.5 Å². The van der Waals surface area contributed by atoms with Crippen LogP contribution in [0.25, 0.3) is 0 Å². The zero-order chi connectivity index (χ0) is 15.5. The first-order valence-corrected chi connectivity index (χ1v) is 8.62. The van der Waals surface area contributed by atoms with Crippen LogP contribution in [0.15, 0.2) is 40.0 Å². The highest BCUT2D eigenvalue weighted by Crippen LogP contribution is 2.22. The van der Waals surface area contributed by atoms with Gasteiger partial charge in [-0.1, -0.05) is 15.9 Å². The standard InChI is InChI=1S/C13H16BrN3O3S/c1-10-7-11(14)3-4-13(10)16-21(19,20)12-8-15-17(9-12)5-2-6-18/h3-4,7-9,16,18H,2,5-6H2,1H3. The van der Waals surface area contributed by atoms with Crippen molar-refractivity contribution in [2.24, 2.45) is 0 Å². The molecule has 0 radical (unpaired) electrons. The van der Waals surface area contributed by atoms with E-state index in [1.54, 1.807) is 12.1 Å². The number of aliphatic hydroxyl groups is 1. The zero-order valence-corrected chi connectivity index (χ0v) is 13.9. The Kier molecular flexibility index (Phi) is 5.02. The summed E-state index contributed by atoms with van der Waals surface area (Å²) in [7, 11) is -3.66. The Morgan fingerprint density at radius 3 is 2.86 bits per heavy atom. The third-order valence-corrected chi connectivity index (χ3v) is 4.71. The Morgan fingerprint density at radius 2 is 2.19 bits per heavy atom. The first-order chi connectivity index (χ1) is 9.92. The molecule has 0 atom stereocenters. The van der Waals surface area contributed by atoms with Crippen LogP contribution >= 0.6 is 15.9 Å². The molecule has 0 spiro atoms. The number of benzene rings is 1. The molecule has 0 saturated heterocycles. The summed E-state index contributed by atoms with van der Waals surface area (Å²) >= 11 is 3.34. The van der Waals surface area contributed by atoms with Crippen molar-refractivity contribution in [2.45, 2.75) is 24.8 Å². The van der Waals surface area contributed by atoms with Crippen molar-refractivity contribution in [1.82, 2.24) is 9.78 Å². The smallest absolute Gasteiger partial charge is 0.265 e. The van der Waals surface area contributed by atoms with E-state index in [9.17, 15) is 8.42 Å². The molecule has 1 heterocycles. The molecule has 1 aromatic carbocycles. The molecule has 0 bridgehead atoms. The Bertz CT molecular complexity index is 728. The molecule has 0 aliphatic carbocycles. The summed E-state index contributed by atoms with van der Waals surface area (Å²) in [4.78, 5) is 0.0998. The van der Waals surface area contributed by atoms with Crippen LogP contribution in [-0.2, 0) is 16.6 Å². The zero-order valence-electron chi connectivity index (χ0n) is 11.5. The van der Waals surface area contributed by atoms with E-state index < -0.39 is 10.0 Å². The lowest BCUT2D eigenvalue weighted by Gasteiger charge is -2.09. The number of halogens is 1. The number of aryl methyl sites for hydroxylation is 2. The van der Waals surface area contributed by atoms with Gasteiger partial charge in [0, 0.05) is 23.8 Å². The van der Waals surface area contributed by atoms with Crippen molar-refractivity contribution < 1.29 is 13.5 Å². The normalized spacial score (nSPS) is 11.6. The Hall–Kier alpha value is -1.38. The number of aliphatic hydroxyl groups excluding tert-OH is 1. The highest BCUT2D eigenvalue weighted by molar-refractivity contribution is 9.10. The summed E-state index contributed by atoms with van der Waals surface area (Å²) in [6.07, 6.45) is 3.28. The van der Waals surface area contributed by atoms with Gasteiger partial charge in [-0.25, -0.2) is 8.42 Å². The van der Waals surface area contributed by atoms with Gasteiger partial charge < -0.3 is 5.11 Å². The molecule has 2 aromatic rings. The summed E-state index contributed by atoms with van der Waals surface area (Å²) in [6, 6.07) is 5.31. The highest BCUT2D eigenvalue weighted by atomic mass is 79.9. The molecule has 8 heteroatoms. The van der Waals surface area contributed by atoms with Crippen molar-refractivity contribution in [3.63, 3.8) is 0 Å². The van der Waals surface area contributed by atoms with Crippen molar-refractivity contribution in [2.75, 3.05) is 11.3 Å². The van der Waals surface area contributed by atoms with E-state index >= 15 is 0 Å². The number of rotatable bonds is 6. The molecule has 6 nitrogen and oxygen atoms in total. The van der Waals surface area contributed by atoms with Crippen molar-refractivity contribution >= 4 is 31.6 Å². The topological polar surface area (TPSA) is 84.2 Å². The fraction of sp³-hybridized carbons (Fsp3) is 0.308. The first kappa shape index (κ1) is 16.0. The lowest BCUT2D eigenvalue weighted by Crippen LogP contribution is -2.13. The lowest BCUT2D eigenvalue weighted by molar-refractivity contribution is 0.277. The molecule has 0 aliphatic rings. The highest BCUT2D eigenvalue weighted by Gasteiger charge is 2.17. The molecule has 0 unspecified atom stereocenters. The van der Waals surface area contributed by atoms with Gasteiger partial charge in [-0.05, 0) is 37.1 Å². The molecule has 0 amide bonds. The molecule has 2 rings (SSSR count). The number of aromatic nitrogens is 2. The molecule has 0 fully saturated rings. The van der Waals surface area contributed by atoms with E-state index in [2.05, 4.69) is 25.8 Å². The minimum atomic E-state index is -3.66. The number of nitrogens with zero attached hydrogens (tertiary/aromatic N) is 2. The predicted molar refractivity (Wildman–Crippen MR) is 83.6 cm³/mol. The predicted octanol–water partition coefficient (Wildman–Crippen LogP) is 2.14. The number of anilines is 1. The van der Waals surface area contributed by atoms with Crippen molar-refractivity contribution in [3.8, 4) is 0 Å². The Labute approximate surface area is 132 Å². The van der Waals surface area contributed by atoms with Gasteiger partial charge in [0.1, 0.15) is 4.90 Å². The van der Waals surface area contributed by atoms with Gasteiger partial charge in [-0.3, -0.25) is 9.40 Å².